The van der Waals surface area contributed by atoms with Crippen LogP contribution in [0.5, 0.6) is 11.6 Å². The van der Waals surface area contributed by atoms with Crippen molar-refractivity contribution >= 4 is 11.4 Å². The minimum Gasteiger partial charge on any atom is -0.435 e. The average molecular weight is 524 g/mol. The third-order valence-corrected chi connectivity index (χ3v) is 6.06. The van der Waals surface area contributed by atoms with Crippen LogP contribution in [0.4, 0.5) is 0 Å². The van der Waals surface area contributed by atoms with E-state index >= 15 is 0 Å². The summed E-state index contributed by atoms with van der Waals surface area (Å²) in [4.78, 5) is 18.9. The van der Waals surface area contributed by atoms with Gasteiger partial charge in [0, 0.05) is 30.9 Å². The van der Waals surface area contributed by atoms with Crippen LogP contribution in [0.15, 0.2) is 48.8 Å². The van der Waals surface area contributed by atoms with Crippen molar-refractivity contribution in [1.82, 2.24) is 39.5 Å². The van der Waals surface area contributed by atoms with E-state index in [1.807, 2.05) is 19.1 Å². The monoisotopic (exact) mass is 523 g/mol. The summed E-state index contributed by atoms with van der Waals surface area (Å²) in [5, 5.41) is 36.5. The SMILES string of the molecule is Cc1cc(C(=O)N(C)C)c(Oc2ccc3c(-c4ccc(C(C)O)c(-n5nc(C#N)cc5C)n4)cnn3c2)nn1. The molecule has 0 radical (unpaired) electrons. The number of ether oxygens (including phenoxy) is 1. The minimum absolute atomic E-state index is 0.0948. The molecule has 0 fully saturated rings. The van der Waals surface area contributed by atoms with Gasteiger partial charge in [0.1, 0.15) is 17.4 Å². The normalized spacial score (nSPS) is 11.8. The minimum atomic E-state index is -0.798. The zero-order valence-electron chi connectivity index (χ0n) is 22.0. The van der Waals surface area contributed by atoms with Gasteiger partial charge in [-0.3, -0.25) is 4.79 Å². The molecule has 1 N–H and O–H groups in total. The fourth-order valence-corrected chi connectivity index (χ4v) is 4.13. The van der Waals surface area contributed by atoms with Crippen LogP contribution in [-0.4, -0.2) is 64.6 Å². The number of rotatable bonds is 6. The van der Waals surface area contributed by atoms with Gasteiger partial charge in [-0.05, 0) is 51.1 Å². The molecule has 0 spiro atoms. The number of aliphatic hydroxyl groups is 1. The Hall–Kier alpha value is -5.15. The molecule has 12 heteroatoms. The van der Waals surface area contributed by atoms with Gasteiger partial charge in [-0.2, -0.15) is 20.6 Å². The first-order valence-corrected chi connectivity index (χ1v) is 12.0. The Balaban J connectivity index is 1.53. The maximum absolute atomic E-state index is 12.6. The summed E-state index contributed by atoms with van der Waals surface area (Å²) in [7, 11) is 3.31. The summed E-state index contributed by atoms with van der Waals surface area (Å²) in [5.74, 6) is 0.689. The molecule has 1 amide bonds. The first-order valence-electron chi connectivity index (χ1n) is 12.0. The summed E-state index contributed by atoms with van der Waals surface area (Å²) in [6.45, 7) is 5.22. The number of nitrogens with zero attached hydrogens (tertiary/aromatic N) is 9. The molecule has 1 unspecified atom stereocenters. The van der Waals surface area contributed by atoms with E-state index < -0.39 is 6.10 Å². The molecule has 0 aliphatic heterocycles. The zero-order chi connectivity index (χ0) is 27.8. The van der Waals surface area contributed by atoms with Crippen LogP contribution in [0, 0.1) is 25.2 Å². The van der Waals surface area contributed by atoms with E-state index in [-0.39, 0.29) is 17.5 Å². The second kappa shape index (κ2) is 9.96. The smallest absolute Gasteiger partial charge is 0.258 e. The van der Waals surface area contributed by atoms with E-state index in [4.69, 9.17) is 9.72 Å². The highest BCUT2D eigenvalue weighted by molar-refractivity contribution is 5.96. The average Bonchev–Trinajstić information content (AvgIpc) is 3.51. The van der Waals surface area contributed by atoms with Crippen molar-refractivity contribution in [3.8, 4) is 34.8 Å². The number of pyridine rings is 2. The Morgan fingerprint density at radius 2 is 1.95 bits per heavy atom. The van der Waals surface area contributed by atoms with Crippen LogP contribution in [-0.2, 0) is 0 Å². The molecule has 0 aromatic carbocycles. The molecule has 196 valence electrons. The van der Waals surface area contributed by atoms with Crippen molar-refractivity contribution in [2.24, 2.45) is 0 Å². The second-order valence-electron chi connectivity index (χ2n) is 9.24. The van der Waals surface area contributed by atoms with Gasteiger partial charge < -0.3 is 14.7 Å². The van der Waals surface area contributed by atoms with Crippen molar-refractivity contribution in [3.63, 3.8) is 0 Å². The van der Waals surface area contributed by atoms with E-state index in [1.54, 1.807) is 79.9 Å². The van der Waals surface area contributed by atoms with Gasteiger partial charge in [0.2, 0.25) is 0 Å². The molecule has 0 aliphatic carbocycles. The predicted molar refractivity (Wildman–Crippen MR) is 140 cm³/mol. The van der Waals surface area contributed by atoms with Crippen LogP contribution in [0.25, 0.3) is 22.6 Å². The number of aryl methyl sites for hydroxylation is 2. The Kier molecular flexibility index (Phi) is 6.51. The highest BCUT2D eigenvalue weighted by atomic mass is 16.5. The van der Waals surface area contributed by atoms with Gasteiger partial charge in [0.15, 0.2) is 11.5 Å². The number of carbonyl (C=O) groups is 1. The molecule has 0 bridgehead atoms. The summed E-state index contributed by atoms with van der Waals surface area (Å²) in [6, 6.07) is 12.5. The molecule has 1 atom stereocenters. The number of hydrogen-bond acceptors (Lipinski definition) is 9. The molecule has 0 aliphatic rings. The fourth-order valence-electron chi connectivity index (χ4n) is 4.13. The lowest BCUT2D eigenvalue weighted by molar-refractivity contribution is 0.0823. The van der Waals surface area contributed by atoms with Crippen molar-refractivity contribution in [3.05, 3.63) is 77.0 Å². The number of fused-ring (bicyclic) bond motifs is 1. The third kappa shape index (κ3) is 4.78. The van der Waals surface area contributed by atoms with E-state index in [9.17, 15) is 15.2 Å². The third-order valence-electron chi connectivity index (χ3n) is 6.06. The number of hydrogen-bond donors (Lipinski definition) is 1. The molecule has 0 saturated heterocycles. The highest BCUT2D eigenvalue weighted by Crippen LogP contribution is 2.30. The Bertz CT molecular complexity index is 1760. The van der Waals surface area contributed by atoms with Gasteiger partial charge in [0.25, 0.3) is 11.8 Å². The van der Waals surface area contributed by atoms with Crippen molar-refractivity contribution in [2.45, 2.75) is 26.9 Å². The van der Waals surface area contributed by atoms with E-state index in [0.29, 0.717) is 39.8 Å². The summed E-state index contributed by atoms with van der Waals surface area (Å²) < 4.78 is 9.13. The van der Waals surface area contributed by atoms with Gasteiger partial charge >= 0.3 is 0 Å². The standard InChI is InChI=1S/C27H25N9O3/c1-15-10-21(27(38)34(4)5)26(32-31-15)39-19-6-9-24-22(13-29-35(24)14-19)23-8-7-20(17(3)37)25(30-23)36-16(2)11-18(12-28)33-36/h6-11,13-14,17,37H,1-5H3. The topological polar surface area (TPSA) is 147 Å². The van der Waals surface area contributed by atoms with Crippen molar-refractivity contribution in [1.29, 1.82) is 5.26 Å². The first kappa shape index (κ1) is 25.5. The highest BCUT2D eigenvalue weighted by Gasteiger charge is 2.20. The lowest BCUT2D eigenvalue weighted by atomic mass is 10.1. The van der Waals surface area contributed by atoms with Crippen molar-refractivity contribution in [2.75, 3.05) is 14.1 Å². The van der Waals surface area contributed by atoms with Crippen LogP contribution < -0.4 is 4.74 Å². The first-order chi connectivity index (χ1) is 18.7. The van der Waals surface area contributed by atoms with Crippen LogP contribution >= 0.6 is 0 Å². The number of carbonyl (C=O) groups excluding carboxylic acids is 1. The van der Waals surface area contributed by atoms with Crippen molar-refractivity contribution < 1.29 is 14.6 Å². The molecular formula is C27H25N9O3. The second-order valence-corrected chi connectivity index (χ2v) is 9.24. The fraction of sp³-hybridized carbons (Fsp3) is 0.222. The van der Waals surface area contributed by atoms with Gasteiger partial charge in [-0.1, -0.05) is 6.07 Å². The lowest BCUT2D eigenvalue weighted by Crippen LogP contribution is -2.23. The zero-order valence-corrected chi connectivity index (χ0v) is 22.0. The van der Waals surface area contributed by atoms with Gasteiger partial charge in [-0.25, -0.2) is 14.2 Å². The van der Waals surface area contributed by atoms with Crippen LogP contribution in [0.2, 0.25) is 0 Å². The summed E-state index contributed by atoms with van der Waals surface area (Å²) >= 11 is 0. The summed E-state index contributed by atoms with van der Waals surface area (Å²) in [5.41, 5.74) is 4.54. The number of aromatic nitrogens is 7. The number of nitriles is 1. The van der Waals surface area contributed by atoms with Gasteiger partial charge in [-0.15, -0.1) is 5.10 Å². The maximum atomic E-state index is 12.6. The lowest BCUT2D eigenvalue weighted by Gasteiger charge is -2.14. The molecule has 5 aromatic heterocycles. The van der Waals surface area contributed by atoms with E-state index in [1.165, 1.54) is 4.90 Å². The van der Waals surface area contributed by atoms with E-state index in [2.05, 4.69) is 20.4 Å². The molecule has 12 nitrogen and oxygen atoms in total. The van der Waals surface area contributed by atoms with Crippen LogP contribution in [0.1, 0.15) is 46.0 Å². The largest absolute Gasteiger partial charge is 0.435 e. The number of amides is 1. The van der Waals surface area contributed by atoms with Crippen LogP contribution in [0.3, 0.4) is 0 Å². The van der Waals surface area contributed by atoms with Gasteiger partial charge in [0.05, 0.1) is 35.4 Å². The molecule has 5 heterocycles. The Morgan fingerprint density at radius 3 is 2.64 bits per heavy atom. The maximum Gasteiger partial charge on any atom is 0.258 e. The molecule has 39 heavy (non-hydrogen) atoms. The van der Waals surface area contributed by atoms with E-state index in [0.717, 1.165) is 11.1 Å². The predicted octanol–water partition coefficient (Wildman–Crippen LogP) is 3.41. The summed E-state index contributed by atoms with van der Waals surface area (Å²) in [6.07, 6.45) is 2.55. The molecule has 0 saturated carbocycles. The molecule has 5 aromatic rings. The Labute approximate surface area is 223 Å². The number of aliphatic hydroxyl groups excluding tert-OH is 1. The molecular weight excluding hydrogens is 498 g/mol. The Morgan fingerprint density at radius 1 is 1.15 bits per heavy atom. The quantitative estimate of drug-likeness (QED) is 0.353. The molecule has 5 rings (SSSR count).